The van der Waals surface area contributed by atoms with E-state index in [2.05, 4.69) is 10.00 Å². The van der Waals surface area contributed by atoms with E-state index < -0.39 is 0 Å². The maximum Gasteiger partial charge on any atom is 0.216 e. The predicted molar refractivity (Wildman–Crippen MR) is 69.6 cm³/mol. The van der Waals surface area contributed by atoms with E-state index in [4.69, 9.17) is 4.74 Å². The van der Waals surface area contributed by atoms with Gasteiger partial charge < -0.3 is 9.84 Å². The number of hydrogen-bond donors (Lipinski definition) is 1. The van der Waals surface area contributed by atoms with Crippen LogP contribution in [0, 0.1) is 12.8 Å². The summed E-state index contributed by atoms with van der Waals surface area (Å²) in [6.45, 7) is 3.46. The summed E-state index contributed by atoms with van der Waals surface area (Å²) in [6, 6.07) is 0. The molecule has 1 aliphatic rings. The molecule has 2 rings (SSSR count). The quantitative estimate of drug-likeness (QED) is 0.820. The Hall–Kier alpha value is -1.07. The summed E-state index contributed by atoms with van der Waals surface area (Å²) >= 11 is 0. The maximum atomic E-state index is 9.94. The highest BCUT2D eigenvalue weighted by Crippen LogP contribution is 2.33. The largest absolute Gasteiger partial charge is 0.481 e. The maximum absolute atomic E-state index is 9.94. The van der Waals surface area contributed by atoms with Gasteiger partial charge in [-0.05, 0) is 32.7 Å². The molecule has 0 amide bonds. The third kappa shape index (κ3) is 2.84. The molecule has 0 aromatic carbocycles. The minimum atomic E-state index is -0.196. The van der Waals surface area contributed by atoms with Crippen LogP contribution in [0.4, 0.5) is 0 Å². The molecule has 1 aromatic heterocycles. The van der Waals surface area contributed by atoms with Crippen molar-refractivity contribution in [2.75, 3.05) is 20.7 Å². The third-order valence-electron chi connectivity index (χ3n) is 3.58. The highest BCUT2D eigenvalue weighted by atomic mass is 16.5. The normalized spacial score (nSPS) is 17.2. The molecule has 1 saturated carbocycles. The number of hydrogen-bond acceptors (Lipinski definition) is 4. The highest BCUT2D eigenvalue weighted by molar-refractivity contribution is 5.30. The molecule has 0 bridgehead atoms. The SMILES string of the molecule is COc1c(CN(C)CC(O)C2CC2)c(C)nn1C. The van der Waals surface area contributed by atoms with E-state index in [9.17, 15) is 5.11 Å². The Kier molecular flexibility index (Phi) is 3.92. The Bertz CT molecular complexity index is 413. The van der Waals surface area contributed by atoms with Crippen LogP contribution in [0.3, 0.4) is 0 Å². The highest BCUT2D eigenvalue weighted by Gasteiger charge is 2.30. The van der Waals surface area contributed by atoms with Crippen molar-refractivity contribution in [2.45, 2.75) is 32.4 Å². The molecule has 5 heteroatoms. The van der Waals surface area contributed by atoms with Crippen LogP contribution in [0.25, 0.3) is 0 Å². The fourth-order valence-corrected chi connectivity index (χ4v) is 2.40. The lowest BCUT2D eigenvalue weighted by Gasteiger charge is -2.20. The van der Waals surface area contributed by atoms with Gasteiger partial charge in [-0.2, -0.15) is 5.10 Å². The van der Waals surface area contributed by atoms with Crippen molar-refractivity contribution in [3.8, 4) is 5.88 Å². The minimum Gasteiger partial charge on any atom is -0.481 e. The van der Waals surface area contributed by atoms with Gasteiger partial charge in [0.1, 0.15) is 0 Å². The molecule has 1 atom stereocenters. The Balaban J connectivity index is 1.99. The van der Waals surface area contributed by atoms with E-state index in [1.165, 1.54) is 12.8 Å². The zero-order chi connectivity index (χ0) is 13.3. The number of aliphatic hydroxyl groups is 1. The van der Waals surface area contributed by atoms with Gasteiger partial charge in [0, 0.05) is 20.1 Å². The summed E-state index contributed by atoms with van der Waals surface area (Å²) in [5.41, 5.74) is 2.09. The van der Waals surface area contributed by atoms with Gasteiger partial charge in [0.05, 0.1) is 24.5 Å². The topological polar surface area (TPSA) is 50.5 Å². The first-order valence-electron chi connectivity index (χ1n) is 6.46. The second kappa shape index (κ2) is 5.28. The van der Waals surface area contributed by atoms with E-state index in [0.717, 1.165) is 23.7 Å². The van der Waals surface area contributed by atoms with Gasteiger partial charge in [0.2, 0.25) is 5.88 Å². The van der Waals surface area contributed by atoms with Crippen LogP contribution in [-0.4, -0.2) is 46.6 Å². The Labute approximate surface area is 108 Å². The molecule has 1 aliphatic carbocycles. The first kappa shape index (κ1) is 13.4. The van der Waals surface area contributed by atoms with Crippen molar-refractivity contribution in [3.63, 3.8) is 0 Å². The zero-order valence-corrected chi connectivity index (χ0v) is 11.7. The lowest BCUT2D eigenvalue weighted by Crippen LogP contribution is -2.30. The summed E-state index contributed by atoms with van der Waals surface area (Å²) in [4.78, 5) is 2.13. The summed E-state index contributed by atoms with van der Waals surface area (Å²) in [7, 11) is 5.57. The molecule has 18 heavy (non-hydrogen) atoms. The molecule has 1 N–H and O–H groups in total. The fourth-order valence-electron chi connectivity index (χ4n) is 2.40. The molecule has 1 aromatic rings. The molecule has 0 saturated heterocycles. The number of nitrogens with zero attached hydrogens (tertiary/aromatic N) is 3. The van der Waals surface area contributed by atoms with E-state index in [1.807, 2.05) is 21.0 Å². The van der Waals surface area contributed by atoms with Crippen LogP contribution in [0.5, 0.6) is 5.88 Å². The van der Waals surface area contributed by atoms with Gasteiger partial charge in [-0.3, -0.25) is 4.90 Å². The number of rotatable bonds is 6. The van der Waals surface area contributed by atoms with Gasteiger partial charge in [-0.1, -0.05) is 0 Å². The average molecular weight is 253 g/mol. The fraction of sp³-hybridized carbons (Fsp3) is 0.769. The van der Waals surface area contributed by atoms with Crippen LogP contribution in [-0.2, 0) is 13.6 Å². The molecule has 0 aliphatic heterocycles. The molecular weight excluding hydrogens is 230 g/mol. The van der Waals surface area contributed by atoms with Crippen LogP contribution in [0.15, 0.2) is 0 Å². The minimum absolute atomic E-state index is 0.196. The van der Waals surface area contributed by atoms with Gasteiger partial charge >= 0.3 is 0 Å². The molecular formula is C13H23N3O2. The van der Waals surface area contributed by atoms with Gasteiger partial charge in [-0.15, -0.1) is 0 Å². The summed E-state index contributed by atoms with van der Waals surface area (Å²) < 4.78 is 7.13. The summed E-state index contributed by atoms with van der Waals surface area (Å²) in [5.74, 6) is 1.32. The van der Waals surface area contributed by atoms with Crippen molar-refractivity contribution < 1.29 is 9.84 Å². The first-order chi connectivity index (χ1) is 8.52. The summed E-state index contributed by atoms with van der Waals surface area (Å²) in [6.07, 6.45) is 2.15. The Morgan fingerprint density at radius 3 is 2.78 bits per heavy atom. The lowest BCUT2D eigenvalue weighted by molar-refractivity contribution is 0.104. The third-order valence-corrected chi connectivity index (χ3v) is 3.58. The van der Waals surface area contributed by atoms with Gasteiger partial charge in [0.25, 0.3) is 0 Å². The first-order valence-corrected chi connectivity index (χ1v) is 6.46. The lowest BCUT2D eigenvalue weighted by atomic mass is 10.2. The van der Waals surface area contributed by atoms with Crippen molar-refractivity contribution >= 4 is 0 Å². The van der Waals surface area contributed by atoms with Crippen LogP contribution < -0.4 is 4.74 Å². The number of aryl methyl sites for hydroxylation is 2. The van der Waals surface area contributed by atoms with Crippen molar-refractivity contribution in [2.24, 2.45) is 13.0 Å². The number of methoxy groups -OCH3 is 1. The Morgan fingerprint density at radius 2 is 2.22 bits per heavy atom. The molecule has 5 nitrogen and oxygen atoms in total. The standard InChI is InChI=1S/C13H23N3O2/c1-9-11(13(18-4)16(3)14-9)7-15(2)8-12(17)10-5-6-10/h10,12,17H,5-8H2,1-4H3. The molecule has 0 spiro atoms. The molecule has 1 heterocycles. The Morgan fingerprint density at radius 1 is 1.56 bits per heavy atom. The van der Waals surface area contributed by atoms with Crippen LogP contribution in [0.1, 0.15) is 24.1 Å². The van der Waals surface area contributed by atoms with Gasteiger partial charge in [-0.25, -0.2) is 4.68 Å². The molecule has 0 radical (unpaired) electrons. The number of aliphatic hydroxyl groups excluding tert-OH is 1. The smallest absolute Gasteiger partial charge is 0.216 e. The van der Waals surface area contributed by atoms with Crippen LogP contribution in [0.2, 0.25) is 0 Å². The predicted octanol–water partition coefficient (Wildman–Crippen LogP) is 0.940. The van der Waals surface area contributed by atoms with E-state index in [0.29, 0.717) is 12.5 Å². The van der Waals surface area contributed by atoms with E-state index in [-0.39, 0.29) is 6.10 Å². The number of ether oxygens (including phenoxy) is 1. The monoisotopic (exact) mass is 253 g/mol. The zero-order valence-electron chi connectivity index (χ0n) is 11.7. The molecule has 1 fully saturated rings. The van der Waals surface area contributed by atoms with E-state index >= 15 is 0 Å². The number of aromatic nitrogens is 2. The van der Waals surface area contributed by atoms with Gasteiger partial charge in [0.15, 0.2) is 0 Å². The second-order valence-corrected chi connectivity index (χ2v) is 5.30. The molecule has 1 unspecified atom stereocenters. The van der Waals surface area contributed by atoms with E-state index in [1.54, 1.807) is 11.8 Å². The van der Waals surface area contributed by atoms with Crippen molar-refractivity contribution in [1.29, 1.82) is 0 Å². The average Bonchev–Trinajstić information content (AvgIpc) is 3.08. The van der Waals surface area contributed by atoms with Crippen LogP contribution >= 0.6 is 0 Å². The summed E-state index contributed by atoms with van der Waals surface area (Å²) in [5, 5.41) is 14.3. The number of likely N-dealkylation sites (N-methyl/N-ethyl adjacent to an activating group) is 1. The van der Waals surface area contributed by atoms with Crippen molar-refractivity contribution in [3.05, 3.63) is 11.3 Å². The van der Waals surface area contributed by atoms with Crippen molar-refractivity contribution in [1.82, 2.24) is 14.7 Å². The molecule has 102 valence electrons. The second-order valence-electron chi connectivity index (χ2n) is 5.30.